The van der Waals surface area contributed by atoms with Gasteiger partial charge in [0.1, 0.15) is 11.5 Å². The molecule has 4 aliphatic rings. The number of ether oxygens (including phenoxy) is 1. The van der Waals surface area contributed by atoms with Gasteiger partial charge in [-0.3, -0.25) is 0 Å². The van der Waals surface area contributed by atoms with E-state index in [-0.39, 0.29) is 10.8 Å². The predicted octanol–water partition coefficient (Wildman–Crippen LogP) is 11.0. The second kappa shape index (κ2) is 8.73. The third-order valence-corrected chi connectivity index (χ3v) is 11.2. The van der Waals surface area contributed by atoms with Crippen LogP contribution in [0.5, 0.6) is 5.75 Å². The minimum atomic E-state index is -0.372. The Morgan fingerprint density at radius 1 is 0.556 bits per heavy atom. The van der Waals surface area contributed by atoms with Crippen LogP contribution in [0, 0.1) is 5.92 Å². The number of benzene rings is 6. The minimum Gasteiger partial charge on any atom is -0.461 e. The summed E-state index contributed by atoms with van der Waals surface area (Å²) >= 11 is 0. The van der Waals surface area contributed by atoms with Gasteiger partial charge in [-0.25, -0.2) is 0 Å². The molecule has 0 radical (unpaired) electrons. The Morgan fingerprint density at radius 3 is 1.91 bits per heavy atom. The summed E-state index contributed by atoms with van der Waals surface area (Å²) in [6.07, 6.45) is 7.55. The van der Waals surface area contributed by atoms with E-state index < -0.39 is 0 Å². The molecular weight excluding hydrogens is 544 g/mol. The Morgan fingerprint density at radius 2 is 1.16 bits per heavy atom. The average Bonchev–Trinajstić information content (AvgIpc) is 3.54. The monoisotopic (exact) mass is 576 g/mol. The molecule has 1 atom stereocenters. The van der Waals surface area contributed by atoms with Crippen LogP contribution in [-0.2, 0) is 10.8 Å². The van der Waals surface area contributed by atoms with Crippen LogP contribution in [-0.4, -0.2) is 0 Å². The summed E-state index contributed by atoms with van der Waals surface area (Å²) in [6.45, 7) is 4.75. The highest BCUT2D eigenvalue weighted by molar-refractivity contribution is 6.00. The summed E-state index contributed by atoms with van der Waals surface area (Å²) < 4.78 is 6.48. The smallest absolute Gasteiger partial charge is 0.130 e. The largest absolute Gasteiger partial charge is 0.461 e. The summed E-state index contributed by atoms with van der Waals surface area (Å²) in [5.74, 6) is 2.42. The van der Waals surface area contributed by atoms with Crippen molar-refractivity contribution in [2.24, 2.45) is 5.92 Å². The molecule has 6 aromatic rings. The summed E-state index contributed by atoms with van der Waals surface area (Å²) in [7, 11) is 0. The molecule has 1 spiro atoms. The van der Waals surface area contributed by atoms with Crippen molar-refractivity contribution in [2.45, 2.75) is 31.1 Å². The maximum absolute atomic E-state index is 6.48. The lowest BCUT2D eigenvalue weighted by atomic mass is 9.67. The summed E-state index contributed by atoms with van der Waals surface area (Å²) in [5.41, 5.74) is 14.2. The molecule has 1 unspecified atom stereocenters. The maximum Gasteiger partial charge on any atom is 0.130 e. The zero-order valence-corrected chi connectivity index (χ0v) is 25.5. The van der Waals surface area contributed by atoms with Gasteiger partial charge in [0, 0.05) is 16.9 Å². The standard InChI is InChI=1S/C44H32O/c1-43(2)37-17-9-10-18-41(37)45-42-22-20-30(26-40(42)43)29-19-21-33-34-23-27-11-3-4-12-28(27)24-39(34)44(38(33)25-29)35-15-7-5-13-31(35)32-14-6-8-16-36(32)44/h3-16,18-26,37H,17H2,1-2H3. The molecule has 1 heteroatoms. The molecule has 0 bridgehead atoms. The average molecular weight is 577 g/mol. The molecule has 214 valence electrons. The van der Waals surface area contributed by atoms with Crippen molar-refractivity contribution in [3.8, 4) is 39.1 Å². The van der Waals surface area contributed by atoms with E-state index in [1.54, 1.807) is 0 Å². The number of hydrogen-bond donors (Lipinski definition) is 0. The lowest BCUT2D eigenvalue weighted by molar-refractivity contribution is 0.222. The molecule has 1 aliphatic heterocycles. The van der Waals surface area contributed by atoms with Gasteiger partial charge >= 0.3 is 0 Å². The molecule has 6 aromatic carbocycles. The highest BCUT2D eigenvalue weighted by atomic mass is 16.5. The molecule has 0 saturated heterocycles. The highest BCUT2D eigenvalue weighted by Crippen LogP contribution is 2.63. The summed E-state index contributed by atoms with van der Waals surface area (Å²) in [6, 6.07) is 45.8. The zero-order valence-electron chi connectivity index (χ0n) is 25.5. The molecule has 0 fully saturated rings. The Kier molecular flexibility index (Phi) is 4.89. The molecule has 0 N–H and O–H groups in total. The normalized spacial score (nSPS) is 18.7. The van der Waals surface area contributed by atoms with Gasteiger partial charge in [0.15, 0.2) is 0 Å². The SMILES string of the molecule is CC1(C)c2cc(-c3ccc4c(c3)C3(c5ccccc5-c5ccccc53)c3cc5ccccc5cc3-4)ccc2OC2=CC=CCC21. The van der Waals surface area contributed by atoms with Gasteiger partial charge in [0.2, 0.25) is 0 Å². The first kappa shape index (κ1) is 25.2. The quantitative estimate of drug-likeness (QED) is 0.189. The topological polar surface area (TPSA) is 9.23 Å². The van der Waals surface area contributed by atoms with Gasteiger partial charge < -0.3 is 4.74 Å². The third-order valence-electron chi connectivity index (χ3n) is 11.2. The first-order valence-electron chi connectivity index (χ1n) is 16.1. The fourth-order valence-corrected chi connectivity index (χ4v) is 8.98. The van der Waals surface area contributed by atoms with Crippen LogP contribution in [0.15, 0.2) is 145 Å². The molecular formula is C44H32O. The van der Waals surface area contributed by atoms with Crippen LogP contribution in [0.2, 0.25) is 0 Å². The number of rotatable bonds is 1. The van der Waals surface area contributed by atoms with Gasteiger partial charge in [-0.1, -0.05) is 117 Å². The first-order valence-corrected chi connectivity index (χ1v) is 16.1. The summed E-state index contributed by atoms with van der Waals surface area (Å²) in [5, 5.41) is 2.57. The van der Waals surface area contributed by atoms with Gasteiger partial charge in [-0.05, 0) is 109 Å². The van der Waals surface area contributed by atoms with Crippen LogP contribution in [0.1, 0.15) is 48.1 Å². The molecule has 3 aliphatic carbocycles. The lowest BCUT2D eigenvalue weighted by Gasteiger charge is -2.42. The molecule has 45 heavy (non-hydrogen) atoms. The molecule has 10 rings (SSSR count). The van der Waals surface area contributed by atoms with E-state index in [0.717, 1.165) is 17.9 Å². The van der Waals surface area contributed by atoms with Crippen molar-refractivity contribution in [1.82, 2.24) is 0 Å². The van der Waals surface area contributed by atoms with Crippen LogP contribution < -0.4 is 4.74 Å². The number of allylic oxidation sites excluding steroid dienone is 4. The van der Waals surface area contributed by atoms with E-state index in [4.69, 9.17) is 4.74 Å². The van der Waals surface area contributed by atoms with Crippen molar-refractivity contribution in [3.63, 3.8) is 0 Å². The second-order valence-corrected chi connectivity index (χ2v) is 13.7. The van der Waals surface area contributed by atoms with Gasteiger partial charge in [-0.15, -0.1) is 0 Å². The Labute approximate surface area is 264 Å². The number of fused-ring (bicyclic) bond motifs is 13. The van der Waals surface area contributed by atoms with Gasteiger partial charge in [0.05, 0.1) is 5.41 Å². The lowest BCUT2D eigenvalue weighted by Crippen LogP contribution is -2.36. The fraction of sp³-hybridized carbons (Fsp3) is 0.136. The number of hydrogen-bond acceptors (Lipinski definition) is 1. The molecule has 1 heterocycles. The fourth-order valence-electron chi connectivity index (χ4n) is 8.98. The van der Waals surface area contributed by atoms with E-state index in [9.17, 15) is 0 Å². The van der Waals surface area contributed by atoms with Crippen LogP contribution in [0.4, 0.5) is 0 Å². The van der Waals surface area contributed by atoms with Crippen molar-refractivity contribution >= 4 is 10.8 Å². The van der Waals surface area contributed by atoms with E-state index in [1.807, 2.05) is 0 Å². The van der Waals surface area contributed by atoms with Crippen LogP contribution in [0.25, 0.3) is 44.2 Å². The maximum atomic E-state index is 6.48. The van der Waals surface area contributed by atoms with E-state index in [1.165, 1.54) is 72.0 Å². The molecule has 0 aromatic heterocycles. The van der Waals surface area contributed by atoms with E-state index in [2.05, 4.69) is 153 Å². The van der Waals surface area contributed by atoms with Crippen molar-refractivity contribution in [1.29, 1.82) is 0 Å². The van der Waals surface area contributed by atoms with Crippen molar-refractivity contribution < 1.29 is 4.74 Å². The minimum absolute atomic E-state index is 0.0299. The highest BCUT2D eigenvalue weighted by Gasteiger charge is 2.52. The summed E-state index contributed by atoms with van der Waals surface area (Å²) in [4.78, 5) is 0. The van der Waals surface area contributed by atoms with Crippen LogP contribution in [0.3, 0.4) is 0 Å². The van der Waals surface area contributed by atoms with E-state index in [0.29, 0.717) is 5.92 Å². The zero-order chi connectivity index (χ0) is 29.9. The van der Waals surface area contributed by atoms with Gasteiger partial charge in [-0.2, -0.15) is 0 Å². The van der Waals surface area contributed by atoms with Crippen molar-refractivity contribution in [3.05, 3.63) is 173 Å². The Bertz CT molecular complexity index is 2270. The van der Waals surface area contributed by atoms with E-state index >= 15 is 0 Å². The third kappa shape index (κ3) is 3.18. The molecule has 1 nitrogen and oxygen atoms in total. The second-order valence-electron chi connectivity index (χ2n) is 13.7. The predicted molar refractivity (Wildman–Crippen MR) is 185 cm³/mol. The first-order chi connectivity index (χ1) is 22.0. The Hall–Kier alpha value is -5.14. The molecule has 0 saturated carbocycles. The Balaban J connectivity index is 1.24. The molecule has 0 amide bonds. The van der Waals surface area contributed by atoms with Crippen LogP contribution >= 0.6 is 0 Å². The van der Waals surface area contributed by atoms with Crippen molar-refractivity contribution in [2.75, 3.05) is 0 Å². The van der Waals surface area contributed by atoms with Gasteiger partial charge in [0.25, 0.3) is 0 Å².